The molecule has 3 aliphatic rings. The molecule has 12 nitrogen and oxygen atoms in total. The molecule has 2 aromatic rings. The summed E-state index contributed by atoms with van der Waals surface area (Å²) in [5, 5.41) is 14.3. The number of fused-ring (bicyclic) bond motifs is 2. The Balaban J connectivity index is 1.59. The third-order valence-corrected chi connectivity index (χ3v) is 6.73. The second-order valence-electron chi connectivity index (χ2n) is 7.30. The van der Waals surface area contributed by atoms with Gasteiger partial charge < -0.3 is 0 Å². The Hall–Kier alpha value is -1.60. The molecule has 0 bridgehead atoms. The van der Waals surface area contributed by atoms with Gasteiger partial charge in [-0.05, 0) is 0 Å². The third kappa shape index (κ3) is 2.94. The molecule has 0 spiro atoms. The van der Waals surface area contributed by atoms with Gasteiger partial charge in [-0.1, -0.05) is 0 Å². The van der Waals surface area contributed by atoms with Crippen LogP contribution in [0.15, 0.2) is 6.33 Å². The number of hydrogen-bond acceptors (Lipinski definition) is 11. The van der Waals surface area contributed by atoms with E-state index in [0.717, 1.165) is 26.2 Å². The van der Waals surface area contributed by atoms with Crippen molar-refractivity contribution in [2.45, 2.75) is 24.5 Å². The summed E-state index contributed by atoms with van der Waals surface area (Å²) in [7, 11) is -1.75. The van der Waals surface area contributed by atoms with Crippen molar-refractivity contribution in [3.05, 3.63) is 6.33 Å². The number of aliphatic hydroxyl groups excluding tert-OH is 1. The molecule has 0 radical (unpaired) electrons. The van der Waals surface area contributed by atoms with Crippen LogP contribution in [0.5, 0.6) is 0 Å². The second kappa shape index (κ2) is 6.73. The van der Waals surface area contributed by atoms with Gasteiger partial charge in [-0.2, -0.15) is 0 Å². The van der Waals surface area contributed by atoms with Crippen LogP contribution in [0.25, 0.3) is 11.2 Å². The van der Waals surface area contributed by atoms with Crippen LogP contribution in [0.3, 0.4) is 0 Å². The van der Waals surface area contributed by atoms with E-state index in [9.17, 15) is 10.00 Å². The number of rotatable bonds is 2. The van der Waals surface area contributed by atoms with Crippen LogP contribution in [0.4, 0.5) is 11.8 Å². The van der Waals surface area contributed by atoms with Gasteiger partial charge in [0.1, 0.15) is 0 Å². The van der Waals surface area contributed by atoms with E-state index in [1.54, 1.807) is 4.57 Å². The Morgan fingerprint density at radius 3 is 2.89 bits per heavy atom. The molecule has 3 fully saturated rings. The van der Waals surface area contributed by atoms with Gasteiger partial charge in [0.05, 0.1) is 0 Å². The Labute approximate surface area is 161 Å². The van der Waals surface area contributed by atoms with Crippen molar-refractivity contribution in [2.24, 2.45) is 0 Å². The van der Waals surface area contributed by atoms with Crippen LogP contribution in [-0.4, -0.2) is 88.2 Å². The number of aliphatic hydroxyl groups is 1. The molecule has 28 heavy (non-hydrogen) atoms. The quantitative estimate of drug-likeness (QED) is 0.307. The van der Waals surface area contributed by atoms with E-state index < -0.39 is 32.4 Å². The first kappa shape index (κ1) is 18.4. The molecule has 0 amide bonds. The second-order valence-corrected chi connectivity index (χ2v) is 9.62. The number of nitrogen functional groups attached to an aromatic ring is 1. The summed E-state index contributed by atoms with van der Waals surface area (Å²) in [5.41, 5.74) is 6.96. The molecule has 4 atom stereocenters. The fourth-order valence-electron chi connectivity index (χ4n) is 3.97. The average Bonchev–Trinajstić information content (AvgIpc) is 3.21. The average molecular weight is 411 g/mol. The molecular weight excluding hydrogens is 388 g/mol. The number of nitrogens with two attached hydrogens (primary N) is 1. The number of imidazole rings is 1. The maximum absolute atomic E-state index is 11.0. The molecule has 3 aliphatic heterocycles. The minimum absolute atomic E-state index is 0.157. The number of hydrogen-bond donors (Lipinski definition) is 4. The molecule has 0 aliphatic carbocycles. The van der Waals surface area contributed by atoms with Crippen molar-refractivity contribution in [2.75, 3.05) is 43.4 Å². The summed E-state index contributed by atoms with van der Waals surface area (Å²) in [5.74, 6) is 0.872. The molecule has 152 valence electrons. The molecule has 2 aromatic heterocycles. The van der Waals surface area contributed by atoms with Crippen molar-refractivity contribution in [3.63, 3.8) is 0 Å². The number of piperazine rings is 1. The van der Waals surface area contributed by atoms with Gasteiger partial charge in [0.25, 0.3) is 0 Å². The number of nitrogens with one attached hydrogen (secondary N) is 1. The first-order chi connectivity index (χ1) is 13.4. The van der Waals surface area contributed by atoms with Crippen LogP contribution in [0.2, 0.25) is 0 Å². The number of aromatic nitrogens is 4. The number of nitrogens with zero attached hydrogens (tertiary/aromatic N) is 5. The molecule has 5 N–H and O–H groups in total. The summed E-state index contributed by atoms with van der Waals surface area (Å²) >= 11 is 0. The summed E-state index contributed by atoms with van der Waals surface area (Å²) in [6, 6.07) is 0. The van der Waals surface area contributed by atoms with Crippen molar-refractivity contribution in [1.82, 2.24) is 24.8 Å². The van der Waals surface area contributed by atoms with Crippen LogP contribution in [0, 0.1) is 0 Å². The molecule has 0 aromatic carbocycles. The SMILES string of the molecule is B[PH]1(O)OC[C@H]2O[C@@H](n3c(N4CCNCC4)nc4c(N)ncnc43)C(O)[C@@H]2O1. The van der Waals surface area contributed by atoms with E-state index in [4.69, 9.17) is 19.5 Å². The van der Waals surface area contributed by atoms with Crippen LogP contribution in [-0.2, 0) is 13.8 Å². The van der Waals surface area contributed by atoms with Gasteiger partial charge >= 0.3 is 161 Å². The van der Waals surface area contributed by atoms with Gasteiger partial charge in [-0.25, -0.2) is 0 Å². The minimum atomic E-state index is -3.27. The van der Waals surface area contributed by atoms with Crippen molar-refractivity contribution in [1.29, 1.82) is 0 Å². The Morgan fingerprint density at radius 2 is 2.11 bits per heavy atom. The monoisotopic (exact) mass is 411 g/mol. The van der Waals surface area contributed by atoms with Crippen LogP contribution in [0.1, 0.15) is 6.23 Å². The van der Waals surface area contributed by atoms with Crippen molar-refractivity contribution >= 4 is 38.3 Å². The van der Waals surface area contributed by atoms with Crippen molar-refractivity contribution < 1.29 is 23.8 Å². The van der Waals surface area contributed by atoms with E-state index in [1.807, 2.05) is 0 Å². The molecular formula is C14H23BN7O5P. The fraction of sp³-hybridized carbons (Fsp3) is 0.643. The van der Waals surface area contributed by atoms with E-state index in [2.05, 4.69) is 25.2 Å². The van der Waals surface area contributed by atoms with Crippen LogP contribution >= 0.6 is 7.82 Å². The molecule has 1 unspecified atom stereocenters. The Kier molecular flexibility index (Phi) is 4.43. The van der Waals surface area contributed by atoms with Gasteiger partial charge in [0.15, 0.2) is 0 Å². The summed E-state index contributed by atoms with van der Waals surface area (Å²) < 4.78 is 18.9. The fourth-order valence-corrected chi connectivity index (χ4v) is 5.31. The maximum atomic E-state index is 11.0. The zero-order valence-electron chi connectivity index (χ0n) is 15.4. The molecule has 0 saturated carbocycles. The summed E-state index contributed by atoms with van der Waals surface area (Å²) in [6.45, 7) is 3.27. The summed E-state index contributed by atoms with van der Waals surface area (Å²) in [6.07, 6.45) is -1.65. The van der Waals surface area contributed by atoms with Crippen LogP contribution < -0.4 is 16.0 Å². The molecule has 5 rings (SSSR count). The normalized spacial score (nSPS) is 33.7. The van der Waals surface area contributed by atoms with Gasteiger partial charge in [-0.3, -0.25) is 0 Å². The van der Waals surface area contributed by atoms with Crippen molar-refractivity contribution in [3.8, 4) is 0 Å². The first-order valence-corrected chi connectivity index (χ1v) is 11.5. The molecule has 3 saturated heterocycles. The van der Waals surface area contributed by atoms with Gasteiger partial charge in [0.2, 0.25) is 0 Å². The Morgan fingerprint density at radius 1 is 1.32 bits per heavy atom. The zero-order valence-corrected chi connectivity index (χ0v) is 16.4. The predicted molar refractivity (Wildman–Crippen MR) is 105 cm³/mol. The standard InChI is InChI=1S/C14H23BN7O5P/c15-28(24)25-5-7-10(27-28)9(23)13(26-7)22-12-8(11(16)18-6-19-12)20-14(22)21-3-1-17-2-4-21/h6-7,9-10,13,17,23-24,28H,1-5,15H2,(H2,16,18,19)/t7-,9?,10-,13-/m1/s1. The van der Waals surface area contributed by atoms with Gasteiger partial charge in [-0.15, -0.1) is 0 Å². The predicted octanol–water partition coefficient (Wildman–Crippen LogP) is -2.47. The first-order valence-electron chi connectivity index (χ1n) is 9.26. The number of anilines is 2. The van der Waals surface area contributed by atoms with E-state index >= 15 is 0 Å². The van der Waals surface area contributed by atoms with E-state index in [1.165, 1.54) is 13.9 Å². The topological polar surface area (TPSA) is 153 Å². The Bertz CT molecular complexity index is 894. The zero-order chi connectivity index (χ0) is 19.5. The van der Waals surface area contributed by atoms with Gasteiger partial charge in [0, 0.05) is 0 Å². The van der Waals surface area contributed by atoms with E-state index in [0.29, 0.717) is 17.1 Å². The molecule has 5 heterocycles. The number of ether oxygens (including phenoxy) is 1. The molecule has 14 heteroatoms. The van der Waals surface area contributed by atoms with E-state index in [-0.39, 0.29) is 12.4 Å². The third-order valence-electron chi connectivity index (χ3n) is 5.32. The summed E-state index contributed by atoms with van der Waals surface area (Å²) in [4.78, 5) is 25.3.